The molecular formula is C27H29FN2O4. The summed E-state index contributed by atoms with van der Waals surface area (Å²) in [4.78, 5) is 28.3. The number of nitrogens with zero attached hydrogens (tertiary/aromatic N) is 1. The number of methoxy groups -OCH3 is 2. The molecular weight excluding hydrogens is 435 g/mol. The second-order valence-electron chi connectivity index (χ2n) is 7.79. The van der Waals surface area contributed by atoms with E-state index in [1.54, 1.807) is 42.3 Å². The molecule has 0 bridgehead atoms. The van der Waals surface area contributed by atoms with Gasteiger partial charge in [-0.3, -0.25) is 9.59 Å². The number of hydrogen-bond donors (Lipinski definition) is 1. The van der Waals surface area contributed by atoms with Crippen molar-refractivity contribution in [2.45, 2.75) is 32.4 Å². The molecule has 1 N–H and O–H groups in total. The fourth-order valence-corrected chi connectivity index (χ4v) is 3.70. The Morgan fingerprint density at radius 3 is 2.26 bits per heavy atom. The van der Waals surface area contributed by atoms with Crippen molar-refractivity contribution in [2.75, 3.05) is 19.5 Å². The lowest BCUT2D eigenvalue weighted by atomic mass is 10.1. The van der Waals surface area contributed by atoms with E-state index < -0.39 is 6.04 Å². The summed E-state index contributed by atoms with van der Waals surface area (Å²) in [6, 6.07) is 19.6. The highest BCUT2D eigenvalue weighted by Gasteiger charge is 2.29. The monoisotopic (exact) mass is 464 g/mol. The molecule has 6 nitrogen and oxygen atoms in total. The summed E-state index contributed by atoms with van der Waals surface area (Å²) < 4.78 is 24.0. The van der Waals surface area contributed by atoms with Gasteiger partial charge in [-0.15, -0.1) is 0 Å². The molecule has 0 aliphatic rings. The third-order valence-corrected chi connectivity index (χ3v) is 5.52. The summed E-state index contributed by atoms with van der Waals surface area (Å²) in [6.07, 6.45) is 0.545. The van der Waals surface area contributed by atoms with Crippen molar-refractivity contribution in [1.29, 1.82) is 0 Å². The zero-order valence-corrected chi connectivity index (χ0v) is 19.6. The fourth-order valence-electron chi connectivity index (χ4n) is 3.70. The Balaban J connectivity index is 1.87. The van der Waals surface area contributed by atoms with Crippen molar-refractivity contribution in [3.05, 3.63) is 89.7 Å². The Labute approximate surface area is 199 Å². The van der Waals surface area contributed by atoms with Crippen LogP contribution in [0.1, 0.15) is 24.5 Å². The highest BCUT2D eigenvalue weighted by atomic mass is 19.1. The van der Waals surface area contributed by atoms with Gasteiger partial charge in [-0.25, -0.2) is 4.39 Å². The molecule has 3 rings (SSSR count). The largest absolute Gasteiger partial charge is 0.497 e. The molecule has 0 heterocycles. The average Bonchev–Trinajstić information content (AvgIpc) is 2.85. The van der Waals surface area contributed by atoms with Crippen molar-refractivity contribution < 1.29 is 23.5 Å². The SMILES string of the molecule is CCC(C(=O)Nc1ccc(OC)cc1OC)N(Cc1ccc(F)cc1)C(=O)Cc1ccccc1. The minimum absolute atomic E-state index is 0.150. The van der Waals surface area contributed by atoms with Crippen LogP contribution >= 0.6 is 0 Å². The van der Waals surface area contributed by atoms with E-state index in [1.165, 1.54) is 19.2 Å². The molecule has 0 spiro atoms. The summed E-state index contributed by atoms with van der Waals surface area (Å²) in [7, 11) is 3.05. The molecule has 0 saturated carbocycles. The number of carbonyl (C=O) groups is 2. The zero-order chi connectivity index (χ0) is 24.5. The summed E-state index contributed by atoms with van der Waals surface area (Å²) in [5.41, 5.74) is 2.06. The second-order valence-corrected chi connectivity index (χ2v) is 7.79. The van der Waals surface area contributed by atoms with Gasteiger partial charge in [0.2, 0.25) is 11.8 Å². The predicted octanol–water partition coefficient (Wildman–Crippen LogP) is 4.83. The second kappa shape index (κ2) is 11.8. The molecule has 1 atom stereocenters. The van der Waals surface area contributed by atoms with E-state index in [-0.39, 0.29) is 30.6 Å². The zero-order valence-electron chi connectivity index (χ0n) is 19.6. The van der Waals surface area contributed by atoms with Crippen LogP contribution in [0.2, 0.25) is 0 Å². The van der Waals surface area contributed by atoms with Gasteiger partial charge in [0.15, 0.2) is 0 Å². The van der Waals surface area contributed by atoms with E-state index in [0.717, 1.165) is 11.1 Å². The van der Waals surface area contributed by atoms with E-state index in [0.29, 0.717) is 23.6 Å². The van der Waals surface area contributed by atoms with Crippen LogP contribution in [-0.2, 0) is 22.6 Å². The molecule has 2 amide bonds. The number of hydrogen-bond acceptors (Lipinski definition) is 4. The van der Waals surface area contributed by atoms with Crippen molar-refractivity contribution in [3.8, 4) is 11.5 Å². The van der Waals surface area contributed by atoms with Crippen LogP contribution in [0.25, 0.3) is 0 Å². The third-order valence-electron chi connectivity index (χ3n) is 5.52. The molecule has 3 aromatic carbocycles. The van der Waals surface area contributed by atoms with Gasteiger partial charge in [-0.05, 0) is 41.8 Å². The molecule has 7 heteroatoms. The molecule has 0 radical (unpaired) electrons. The first-order valence-corrected chi connectivity index (χ1v) is 11.1. The maximum absolute atomic E-state index is 13.4. The topological polar surface area (TPSA) is 67.9 Å². The number of rotatable bonds is 10. The van der Waals surface area contributed by atoms with Gasteiger partial charge in [-0.1, -0.05) is 49.4 Å². The van der Waals surface area contributed by atoms with Gasteiger partial charge < -0.3 is 19.7 Å². The predicted molar refractivity (Wildman–Crippen MR) is 129 cm³/mol. The Bertz CT molecular complexity index is 1100. The number of amides is 2. The smallest absolute Gasteiger partial charge is 0.247 e. The average molecular weight is 465 g/mol. The first-order chi connectivity index (χ1) is 16.4. The van der Waals surface area contributed by atoms with Gasteiger partial charge in [0.25, 0.3) is 0 Å². The molecule has 1 unspecified atom stereocenters. The van der Waals surface area contributed by atoms with Crippen LogP contribution in [-0.4, -0.2) is 37.0 Å². The van der Waals surface area contributed by atoms with Crippen molar-refractivity contribution in [1.82, 2.24) is 4.90 Å². The fraction of sp³-hybridized carbons (Fsp3) is 0.259. The summed E-state index contributed by atoms with van der Waals surface area (Å²) in [6.45, 7) is 2.03. The van der Waals surface area contributed by atoms with E-state index in [9.17, 15) is 14.0 Å². The van der Waals surface area contributed by atoms with Gasteiger partial charge in [0, 0.05) is 12.6 Å². The Morgan fingerprint density at radius 2 is 1.65 bits per heavy atom. The Hall–Kier alpha value is -3.87. The van der Waals surface area contributed by atoms with Crippen LogP contribution < -0.4 is 14.8 Å². The minimum atomic E-state index is -0.743. The molecule has 178 valence electrons. The van der Waals surface area contributed by atoms with Crippen LogP contribution in [0, 0.1) is 5.82 Å². The van der Waals surface area contributed by atoms with Crippen LogP contribution in [0.15, 0.2) is 72.8 Å². The molecule has 0 aliphatic carbocycles. The highest BCUT2D eigenvalue weighted by Crippen LogP contribution is 2.29. The number of halogens is 1. The molecule has 0 aromatic heterocycles. The number of benzene rings is 3. The van der Waals surface area contributed by atoms with Crippen LogP contribution in [0.4, 0.5) is 10.1 Å². The van der Waals surface area contributed by atoms with Crippen LogP contribution in [0.5, 0.6) is 11.5 Å². The van der Waals surface area contributed by atoms with Crippen molar-refractivity contribution >= 4 is 17.5 Å². The first kappa shape index (κ1) is 24.8. The number of nitrogens with one attached hydrogen (secondary N) is 1. The molecule has 0 saturated heterocycles. The van der Waals surface area contributed by atoms with Gasteiger partial charge in [0.05, 0.1) is 26.3 Å². The lowest BCUT2D eigenvalue weighted by Gasteiger charge is -2.31. The Morgan fingerprint density at radius 1 is 0.941 bits per heavy atom. The summed E-state index contributed by atoms with van der Waals surface area (Å²) in [5, 5.41) is 2.88. The number of ether oxygens (including phenoxy) is 2. The first-order valence-electron chi connectivity index (χ1n) is 11.1. The normalized spacial score (nSPS) is 11.4. The van der Waals surface area contributed by atoms with E-state index >= 15 is 0 Å². The van der Waals surface area contributed by atoms with E-state index in [4.69, 9.17) is 9.47 Å². The summed E-state index contributed by atoms with van der Waals surface area (Å²) >= 11 is 0. The number of anilines is 1. The van der Waals surface area contributed by atoms with Gasteiger partial charge in [0.1, 0.15) is 23.4 Å². The lowest BCUT2D eigenvalue weighted by molar-refractivity contribution is -0.139. The highest BCUT2D eigenvalue weighted by molar-refractivity contribution is 5.98. The maximum Gasteiger partial charge on any atom is 0.247 e. The third kappa shape index (κ3) is 6.34. The Kier molecular flexibility index (Phi) is 8.62. The van der Waals surface area contributed by atoms with Crippen molar-refractivity contribution in [3.63, 3.8) is 0 Å². The quantitative estimate of drug-likeness (QED) is 0.467. The standard InChI is InChI=1S/C27H29FN2O4/c1-4-24(27(32)29-23-15-14-22(33-2)17-25(23)34-3)30(18-20-10-12-21(28)13-11-20)26(31)16-19-8-6-5-7-9-19/h5-15,17,24H,4,16,18H2,1-3H3,(H,29,32). The van der Waals surface area contributed by atoms with Gasteiger partial charge >= 0.3 is 0 Å². The lowest BCUT2D eigenvalue weighted by Crippen LogP contribution is -2.47. The summed E-state index contributed by atoms with van der Waals surface area (Å²) in [5.74, 6) is 0.150. The molecule has 0 fully saturated rings. The van der Waals surface area contributed by atoms with E-state index in [1.807, 2.05) is 37.3 Å². The molecule has 34 heavy (non-hydrogen) atoms. The molecule has 3 aromatic rings. The van der Waals surface area contributed by atoms with Crippen molar-refractivity contribution in [2.24, 2.45) is 0 Å². The van der Waals surface area contributed by atoms with Crippen LogP contribution in [0.3, 0.4) is 0 Å². The van der Waals surface area contributed by atoms with Gasteiger partial charge in [-0.2, -0.15) is 0 Å². The number of carbonyl (C=O) groups excluding carboxylic acids is 2. The minimum Gasteiger partial charge on any atom is -0.497 e. The molecule has 0 aliphatic heterocycles. The van der Waals surface area contributed by atoms with E-state index in [2.05, 4.69) is 5.32 Å². The maximum atomic E-state index is 13.4.